The molecule has 1 fully saturated rings. The molecule has 0 atom stereocenters. The molecule has 3 aromatic heterocycles. The van der Waals surface area contributed by atoms with Gasteiger partial charge in [-0.3, -0.25) is 14.9 Å². The molecule has 7 nitrogen and oxygen atoms in total. The molecule has 0 spiro atoms. The number of pyridine rings is 1. The molecule has 0 bridgehead atoms. The molecule has 15 heteroatoms. The van der Waals surface area contributed by atoms with Gasteiger partial charge in [0.2, 0.25) is 0 Å². The van der Waals surface area contributed by atoms with Gasteiger partial charge in [0.15, 0.2) is 15.6 Å². The highest BCUT2D eigenvalue weighted by Gasteiger charge is 2.36. The molecule has 1 N–H and O–H groups in total. The molecule has 4 aromatic rings. The number of hydrogen-bond acceptors (Lipinski definition) is 7. The summed E-state index contributed by atoms with van der Waals surface area (Å²) in [6.45, 7) is 1.15. The minimum atomic E-state index is -4.56. The van der Waals surface area contributed by atoms with Crippen molar-refractivity contribution in [3.05, 3.63) is 59.4 Å². The Morgan fingerprint density at radius 3 is 2.38 bits per heavy atom. The van der Waals surface area contributed by atoms with Crippen LogP contribution in [-0.2, 0) is 16.0 Å². The standard InChI is InChI=1S/C24H21F3N4O3S2.3ClH/c1-36(33,34)21-5-4-20(35-21)22(32)14-7-10-31(11-8-14)19-6-9-28-18-3-2-15(12-16(18)19)17-13-29-30-23(17)24(25,26)27;;;/h2-6,9,12-14H,7-8,10-11H2,1H3,(H,29,30);3*1H. The molecule has 4 heterocycles. The Morgan fingerprint density at radius 2 is 1.77 bits per heavy atom. The zero-order chi connectivity index (χ0) is 25.7. The smallest absolute Gasteiger partial charge is 0.371 e. The number of nitrogens with one attached hydrogen (secondary N) is 1. The summed E-state index contributed by atoms with van der Waals surface area (Å²) in [6.07, 6.45) is 0.537. The Bertz CT molecular complexity index is 1570. The largest absolute Gasteiger partial charge is 0.433 e. The normalized spacial score (nSPS) is 14.3. The molecule has 1 saturated heterocycles. The zero-order valence-electron chi connectivity index (χ0n) is 20.3. The Morgan fingerprint density at radius 1 is 1.08 bits per heavy atom. The highest BCUT2D eigenvalue weighted by atomic mass is 35.5. The first-order valence-electron chi connectivity index (χ1n) is 11.1. The van der Waals surface area contributed by atoms with Gasteiger partial charge in [0, 0.05) is 48.1 Å². The van der Waals surface area contributed by atoms with Crippen molar-refractivity contribution in [2.24, 2.45) is 5.92 Å². The molecular formula is C24H24Cl3F3N4O3S2. The average molecular weight is 644 g/mol. The summed E-state index contributed by atoms with van der Waals surface area (Å²) >= 11 is 0.997. The number of thiophene rings is 1. The van der Waals surface area contributed by atoms with Gasteiger partial charge in [0.25, 0.3) is 0 Å². The molecule has 0 aliphatic carbocycles. The minimum absolute atomic E-state index is 0. The fraction of sp³-hybridized carbons (Fsp3) is 0.292. The fourth-order valence-electron chi connectivity index (χ4n) is 4.53. The van der Waals surface area contributed by atoms with E-state index < -0.39 is 21.7 Å². The number of anilines is 1. The third-order valence-electron chi connectivity index (χ3n) is 6.35. The van der Waals surface area contributed by atoms with Gasteiger partial charge in [-0.2, -0.15) is 18.3 Å². The van der Waals surface area contributed by atoms with Crippen LogP contribution < -0.4 is 4.90 Å². The van der Waals surface area contributed by atoms with Crippen LogP contribution in [0.2, 0.25) is 0 Å². The lowest BCUT2D eigenvalue weighted by Gasteiger charge is -2.33. The van der Waals surface area contributed by atoms with E-state index in [1.807, 2.05) is 11.2 Å². The molecule has 39 heavy (non-hydrogen) atoms. The molecule has 0 unspecified atom stereocenters. The summed E-state index contributed by atoms with van der Waals surface area (Å²) in [7, 11) is -3.36. The summed E-state index contributed by atoms with van der Waals surface area (Å²) in [5.41, 5.74) is 0.924. The van der Waals surface area contributed by atoms with Crippen LogP contribution in [0.3, 0.4) is 0 Å². The van der Waals surface area contributed by atoms with E-state index in [0.29, 0.717) is 47.3 Å². The number of sulfone groups is 1. The molecule has 0 radical (unpaired) electrons. The van der Waals surface area contributed by atoms with Crippen LogP contribution in [0.1, 0.15) is 28.2 Å². The molecular weight excluding hydrogens is 620 g/mol. The predicted octanol–water partition coefficient (Wildman–Crippen LogP) is 6.47. The first kappa shape index (κ1) is 32.8. The number of aromatic amines is 1. The number of piperidine rings is 1. The first-order valence-corrected chi connectivity index (χ1v) is 13.8. The summed E-state index contributed by atoms with van der Waals surface area (Å²) < 4.78 is 63.8. The van der Waals surface area contributed by atoms with Crippen molar-refractivity contribution >= 4 is 80.8 Å². The van der Waals surface area contributed by atoms with E-state index in [1.165, 1.54) is 6.07 Å². The maximum atomic E-state index is 13.4. The van der Waals surface area contributed by atoms with E-state index in [1.54, 1.807) is 30.5 Å². The van der Waals surface area contributed by atoms with E-state index in [4.69, 9.17) is 0 Å². The van der Waals surface area contributed by atoms with Crippen molar-refractivity contribution in [1.29, 1.82) is 0 Å². The third-order valence-corrected chi connectivity index (χ3v) is 9.27. The summed E-state index contributed by atoms with van der Waals surface area (Å²) in [4.78, 5) is 19.9. The Hall–Kier alpha value is -2.38. The van der Waals surface area contributed by atoms with Crippen LogP contribution in [0.4, 0.5) is 18.9 Å². The van der Waals surface area contributed by atoms with Gasteiger partial charge in [-0.1, -0.05) is 6.07 Å². The lowest BCUT2D eigenvalue weighted by molar-refractivity contribution is -0.140. The Labute approximate surface area is 245 Å². The number of hydrogen-bond donors (Lipinski definition) is 1. The minimum Gasteiger partial charge on any atom is -0.371 e. The zero-order valence-corrected chi connectivity index (χ0v) is 24.3. The fourth-order valence-corrected chi connectivity index (χ4v) is 6.48. The average Bonchev–Trinajstić information content (AvgIpc) is 3.53. The number of halogens is 6. The van der Waals surface area contributed by atoms with Crippen LogP contribution in [0.5, 0.6) is 0 Å². The molecule has 5 rings (SSSR count). The van der Waals surface area contributed by atoms with Crippen molar-refractivity contribution in [3.8, 4) is 11.1 Å². The number of benzene rings is 1. The molecule has 212 valence electrons. The van der Waals surface area contributed by atoms with Gasteiger partial charge in [-0.15, -0.1) is 48.6 Å². The summed E-state index contributed by atoms with van der Waals surface area (Å²) in [5, 5.41) is 6.34. The number of aromatic nitrogens is 3. The van der Waals surface area contributed by atoms with Gasteiger partial charge in [-0.25, -0.2) is 8.42 Å². The number of nitrogens with zero attached hydrogens (tertiary/aromatic N) is 3. The quantitative estimate of drug-likeness (QED) is 0.251. The molecule has 1 aliphatic heterocycles. The summed E-state index contributed by atoms with van der Waals surface area (Å²) in [6, 6.07) is 9.83. The van der Waals surface area contributed by atoms with Crippen molar-refractivity contribution in [2.45, 2.75) is 23.2 Å². The monoisotopic (exact) mass is 642 g/mol. The number of alkyl halides is 3. The molecule has 1 aromatic carbocycles. The van der Waals surface area contributed by atoms with E-state index in [9.17, 15) is 26.4 Å². The number of ketones is 1. The second kappa shape index (κ2) is 12.4. The van der Waals surface area contributed by atoms with Crippen molar-refractivity contribution in [3.63, 3.8) is 0 Å². The van der Waals surface area contributed by atoms with Gasteiger partial charge < -0.3 is 4.90 Å². The van der Waals surface area contributed by atoms with Crippen LogP contribution in [0.25, 0.3) is 22.0 Å². The van der Waals surface area contributed by atoms with Crippen LogP contribution in [0.15, 0.2) is 53.0 Å². The van der Waals surface area contributed by atoms with Crippen LogP contribution >= 0.6 is 48.6 Å². The highest BCUT2D eigenvalue weighted by molar-refractivity contribution is 7.92. The van der Waals surface area contributed by atoms with E-state index >= 15 is 0 Å². The maximum Gasteiger partial charge on any atom is 0.433 e. The molecule has 0 amide bonds. The topological polar surface area (TPSA) is 96.0 Å². The van der Waals surface area contributed by atoms with Crippen molar-refractivity contribution < 1.29 is 26.4 Å². The second-order valence-corrected chi connectivity index (χ2v) is 12.1. The lowest BCUT2D eigenvalue weighted by Crippen LogP contribution is -2.36. The SMILES string of the molecule is CS(=O)(=O)c1ccc(C(=O)C2CCN(c3ccnc4ccc(-c5cn[nH]c5C(F)(F)F)cc34)CC2)s1.Cl.Cl.Cl. The number of H-pyrrole nitrogens is 1. The predicted molar refractivity (Wildman–Crippen MR) is 153 cm³/mol. The lowest BCUT2D eigenvalue weighted by atomic mass is 9.91. The molecule has 1 aliphatic rings. The van der Waals surface area contributed by atoms with Gasteiger partial charge in [0.05, 0.1) is 16.6 Å². The number of rotatable bonds is 5. The number of Topliss-reactive ketones (excluding diaryl/α,β-unsaturated/α-hetero) is 1. The Kier molecular flexibility index (Phi) is 10.5. The Balaban J connectivity index is 0.00000178. The highest BCUT2D eigenvalue weighted by Crippen LogP contribution is 2.38. The van der Waals surface area contributed by atoms with Crippen LogP contribution in [0, 0.1) is 5.92 Å². The molecule has 0 saturated carbocycles. The van der Waals surface area contributed by atoms with E-state index in [2.05, 4.69) is 15.0 Å². The van der Waals surface area contributed by atoms with Crippen molar-refractivity contribution in [2.75, 3.05) is 24.2 Å². The van der Waals surface area contributed by atoms with E-state index in [0.717, 1.165) is 29.5 Å². The van der Waals surface area contributed by atoms with Gasteiger partial charge >= 0.3 is 6.18 Å². The first-order chi connectivity index (χ1) is 17.0. The van der Waals surface area contributed by atoms with E-state index in [-0.39, 0.29) is 58.7 Å². The van der Waals surface area contributed by atoms with Crippen molar-refractivity contribution in [1.82, 2.24) is 15.2 Å². The third kappa shape index (κ3) is 6.68. The summed E-state index contributed by atoms with van der Waals surface area (Å²) in [5.74, 6) is -0.285. The number of carbonyl (C=O) groups excluding carboxylic acids is 1. The maximum absolute atomic E-state index is 13.4. The second-order valence-electron chi connectivity index (χ2n) is 8.73. The number of fused-ring (bicyclic) bond motifs is 1. The van der Waals surface area contributed by atoms with Gasteiger partial charge in [-0.05, 0) is 48.7 Å². The van der Waals surface area contributed by atoms with Gasteiger partial charge in [0.1, 0.15) is 9.90 Å². The number of carbonyl (C=O) groups is 1. The van der Waals surface area contributed by atoms with Crippen LogP contribution in [-0.4, -0.2) is 48.7 Å².